The maximum atomic E-state index is 11.7. The Morgan fingerprint density at radius 3 is 2.94 bits per heavy atom. The number of thioether (sulfide) groups is 1. The van der Waals surface area contributed by atoms with Gasteiger partial charge in [0, 0.05) is 29.2 Å². The number of β-lactam (4-membered cyclic amide) rings is 1. The largest absolute Gasteiger partial charge is 0.543 e. The van der Waals surface area contributed by atoms with Gasteiger partial charge in [-0.1, -0.05) is 6.08 Å². The number of carboxylic acids is 1. The zero-order valence-corrected chi connectivity index (χ0v) is 10.3. The first kappa shape index (κ1) is 12.2. The average molecular weight is 253 g/mol. The number of aliphatic carboxylic acids is 1. The van der Waals surface area contributed by atoms with Crippen molar-refractivity contribution in [3.63, 3.8) is 0 Å². The van der Waals surface area contributed by atoms with Crippen molar-refractivity contribution in [2.75, 3.05) is 12.3 Å². The molecule has 5 nitrogen and oxygen atoms in total. The Kier molecular flexibility index (Phi) is 3.26. The Bertz CT molecular complexity index is 442. The van der Waals surface area contributed by atoms with Crippen molar-refractivity contribution >= 4 is 23.6 Å². The summed E-state index contributed by atoms with van der Waals surface area (Å²) in [6.45, 7) is 2.26. The number of amides is 1. The van der Waals surface area contributed by atoms with E-state index in [9.17, 15) is 14.7 Å². The first-order valence-electron chi connectivity index (χ1n) is 5.39. The summed E-state index contributed by atoms with van der Waals surface area (Å²) in [5.74, 6) is -0.859. The summed E-state index contributed by atoms with van der Waals surface area (Å²) in [4.78, 5) is 24.8. The van der Waals surface area contributed by atoms with E-state index >= 15 is 0 Å². The fraction of sp³-hybridized carbons (Fsp3) is 0.455. The molecule has 1 unspecified atom stereocenters. The molecule has 0 spiro atoms. The molecule has 1 saturated heterocycles. The van der Waals surface area contributed by atoms with Crippen LogP contribution in [-0.2, 0) is 9.59 Å². The highest BCUT2D eigenvalue weighted by Crippen LogP contribution is 2.45. The van der Waals surface area contributed by atoms with Crippen LogP contribution in [0.25, 0.3) is 0 Å². The molecule has 0 aromatic carbocycles. The molecule has 0 saturated carbocycles. The summed E-state index contributed by atoms with van der Waals surface area (Å²) >= 11 is 1.40. The van der Waals surface area contributed by atoms with E-state index in [4.69, 9.17) is 5.73 Å². The second-order valence-corrected chi connectivity index (χ2v) is 5.03. The first-order chi connectivity index (χ1) is 8.11. The van der Waals surface area contributed by atoms with Gasteiger partial charge >= 0.3 is 0 Å². The van der Waals surface area contributed by atoms with Crippen LogP contribution in [-0.4, -0.2) is 35.1 Å². The van der Waals surface area contributed by atoms with Gasteiger partial charge in [-0.3, -0.25) is 9.69 Å². The lowest BCUT2D eigenvalue weighted by atomic mass is 9.94. The number of nitrogens with zero attached hydrogens (tertiary/aromatic N) is 1. The summed E-state index contributed by atoms with van der Waals surface area (Å²) in [6.07, 6.45) is 2.31. The van der Waals surface area contributed by atoms with Crippen molar-refractivity contribution < 1.29 is 14.7 Å². The second kappa shape index (κ2) is 4.54. The van der Waals surface area contributed by atoms with Gasteiger partial charge in [-0.05, 0) is 6.92 Å². The number of nitrogens with two attached hydrogens (primary N) is 1. The number of carboxylic acid groups (broad SMARTS) is 1. The fourth-order valence-electron chi connectivity index (χ4n) is 2.20. The highest BCUT2D eigenvalue weighted by molar-refractivity contribution is 8.03. The van der Waals surface area contributed by atoms with Crippen LogP contribution < -0.4 is 10.8 Å². The van der Waals surface area contributed by atoms with Crippen LogP contribution in [0.2, 0.25) is 0 Å². The molecular weight excluding hydrogens is 240 g/mol. The van der Waals surface area contributed by atoms with E-state index in [0.717, 1.165) is 0 Å². The van der Waals surface area contributed by atoms with E-state index in [0.29, 0.717) is 29.2 Å². The third kappa shape index (κ3) is 1.77. The molecule has 6 heteroatoms. The third-order valence-electron chi connectivity index (χ3n) is 2.92. The SMILES string of the molecule is C/C=C1/C(=O)N2C(C(=O)[O-])=C(SCCN)CC12. The topological polar surface area (TPSA) is 86.5 Å². The summed E-state index contributed by atoms with van der Waals surface area (Å²) < 4.78 is 0. The van der Waals surface area contributed by atoms with Crippen LogP contribution >= 0.6 is 11.8 Å². The quantitative estimate of drug-likeness (QED) is 0.523. The van der Waals surface area contributed by atoms with Gasteiger partial charge < -0.3 is 15.6 Å². The van der Waals surface area contributed by atoms with Gasteiger partial charge in [0.05, 0.1) is 17.7 Å². The van der Waals surface area contributed by atoms with Gasteiger partial charge in [-0.2, -0.15) is 0 Å². The molecule has 17 heavy (non-hydrogen) atoms. The van der Waals surface area contributed by atoms with Gasteiger partial charge in [0.2, 0.25) is 0 Å². The number of hydrogen-bond donors (Lipinski definition) is 1. The van der Waals surface area contributed by atoms with E-state index in [1.807, 2.05) is 0 Å². The number of hydrogen-bond acceptors (Lipinski definition) is 5. The van der Waals surface area contributed by atoms with E-state index in [1.54, 1.807) is 13.0 Å². The Morgan fingerprint density at radius 2 is 2.41 bits per heavy atom. The minimum absolute atomic E-state index is 0.0315. The van der Waals surface area contributed by atoms with Gasteiger partial charge in [0.25, 0.3) is 5.91 Å². The molecule has 1 atom stereocenters. The Morgan fingerprint density at radius 1 is 1.71 bits per heavy atom. The zero-order chi connectivity index (χ0) is 12.6. The van der Waals surface area contributed by atoms with E-state index < -0.39 is 5.97 Å². The standard InChI is InChI=1S/C11H14N2O3S/c1-2-6-7-5-8(17-4-3-12)9(11(15)16)13(7)10(6)14/h2,7H,3-5,12H2,1H3,(H,15,16)/p-1/b6-2+. The van der Waals surface area contributed by atoms with Crippen LogP contribution in [0, 0.1) is 0 Å². The normalized spacial score (nSPS) is 25.3. The van der Waals surface area contributed by atoms with Gasteiger partial charge in [-0.25, -0.2) is 0 Å². The summed E-state index contributed by atoms with van der Waals surface area (Å²) in [7, 11) is 0. The minimum Gasteiger partial charge on any atom is -0.543 e. The van der Waals surface area contributed by atoms with E-state index in [2.05, 4.69) is 0 Å². The van der Waals surface area contributed by atoms with Crippen molar-refractivity contribution in [2.45, 2.75) is 19.4 Å². The molecule has 0 aromatic rings. The van der Waals surface area contributed by atoms with E-state index in [1.165, 1.54) is 16.7 Å². The van der Waals surface area contributed by atoms with Crippen molar-refractivity contribution in [1.29, 1.82) is 0 Å². The van der Waals surface area contributed by atoms with Crippen LogP contribution in [0.5, 0.6) is 0 Å². The molecule has 2 heterocycles. The number of fused-ring (bicyclic) bond motifs is 1. The van der Waals surface area contributed by atoms with E-state index in [-0.39, 0.29) is 17.6 Å². The monoisotopic (exact) mass is 253 g/mol. The third-order valence-corrected chi connectivity index (χ3v) is 4.07. The molecule has 2 aliphatic heterocycles. The molecule has 0 aromatic heterocycles. The average Bonchev–Trinajstić information content (AvgIpc) is 2.62. The molecule has 2 aliphatic rings. The zero-order valence-electron chi connectivity index (χ0n) is 9.43. The van der Waals surface area contributed by atoms with Crippen LogP contribution in [0.3, 0.4) is 0 Å². The Labute approximate surface area is 103 Å². The molecular formula is C11H13N2O3S-. The van der Waals surface area contributed by atoms with Crippen LogP contribution in [0.1, 0.15) is 13.3 Å². The maximum absolute atomic E-state index is 11.7. The molecule has 1 fully saturated rings. The minimum atomic E-state index is -1.28. The molecule has 0 radical (unpaired) electrons. The van der Waals surface area contributed by atoms with Crippen LogP contribution in [0.4, 0.5) is 0 Å². The molecule has 0 bridgehead atoms. The number of allylic oxidation sites excluding steroid dienone is 1. The van der Waals surface area contributed by atoms with Crippen LogP contribution in [0.15, 0.2) is 22.3 Å². The molecule has 92 valence electrons. The lowest BCUT2D eigenvalue weighted by Gasteiger charge is -2.39. The number of carbonyl (C=O) groups excluding carboxylic acids is 2. The smallest absolute Gasteiger partial charge is 0.256 e. The summed E-state index contributed by atoms with van der Waals surface area (Å²) in [5, 5.41) is 11.1. The second-order valence-electron chi connectivity index (χ2n) is 3.84. The highest BCUT2D eigenvalue weighted by atomic mass is 32.2. The Balaban J connectivity index is 2.26. The van der Waals surface area contributed by atoms with Gasteiger partial charge in [0.1, 0.15) is 0 Å². The fourth-order valence-corrected chi connectivity index (χ4v) is 3.16. The Hall–Kier alpha value is -1.27. The lowest BCUT2D eigenvalue weighted by Crippen LogP contribution is -2.53. The highest BCUT2D eigenvalue weighted by Gasteiger charge is 2.49. The predicted octanol–water partition coefficient (Wildman–Crippen LogP) is -0.799. The molecule has 0 aliphatic carbocycles. The van der Waals surface area contributed by atoms with Crippen molar-refractivity contribution in [1.82, 2.24) is 4.90 Å². The summed E-state index contributed by atoms with van der Waals surface area (Å²) in [5.41, 5.74) is 6.11. The lowest BCUT2D eigenvalue weighted by molar-refractivity contribution is -0.301. The molecule has 2 rings (SSSR count). The van der Waals surface area contributed by atoms with Gasteiger partial charge in [0.15, 0.2) is 0 Å². The molecule has 2 N–H and O–H groups in total. The number of carbonyl (C=O) groups is 2. The predicted molar refractivity (Wildman–Crippen MR) is 62.6 cm³/mol. The van der Waals surface area contributed by atoms with Gasteiger partial charge in [-0.15, -0.1) is 11.8 Å². The van der Waals surface area contributed by atoms with Crippen molar-refractivity contribution in [2.24, 2.45) is 5.73 Å². The van der Waals surface area contributed by atoms with Crippen molar-refractivity contribution in [3.05, 3.63) is 22.3 Å². The maximum Gasteiger partial charge on any atom is 0.256 e. The number of rotatable bonds is 4. The molecule has 1 amide bonds. The first-order valence-corrected chi connectivity index (χ1v) is 6.37. The summed E-state index contributed by atoms with van der Waals surface area (Å²) in [6, 6.07) is -0.110. The van der Waals surface area contributed by atoms with Crippen molar-refractivity contribution in [3.8, 4) is 0 Å².